The largest absolute Gasteiger partial charge is 0.299 e. The summed E-state index contributed by atoms with van der Waals surface area (Å²) in [6.07, 6.45) is 2.89. The van der Waals surface area contributed by atoms with E-state index in [1.165, 1.54) is 23.1 Å². The van der Waals surface area contributed by atoms with Crippen LogP contribution in [0.2, 0.25) is 0 Å². The number of anilines is 2. The van der Waals surface area contributed by atoms with Crippen molar-refractivity contribution in [2.75, 3.05) is 16.5 Å². The first-order valence-electron chi connectivity index (χ1n) is 7.49. The third kappa shape index (κ3) is 2.28. The Morgan fingerprint density at radius 3 is 2.96 bits per heavy atom. The maximum atomic E-state index is 13.1. The van der Waals surface area contributed by atoms with E-state index in [0.717, 1.165) is 20.5 Å². The van der Waals surface area contributed by atoms with E-state index in [0.29, 0.717) is 18.0 Å². The molecule has 2 aliphatic heterocycles. The summed E-state index contributed by atoms with van der Waals surface area (Å²) in [5.74, 6) is -0.168. The van der Waals surface area contributed by atoms with Crippen LogP contribution in [0.1, 0.15) is 18.5 Å². The lowest BCUT2D eigenvalue weighted by molar-refractivity contribution is -0.121. The number of carbonyl (C=O) groups excluding carboxylic acids is 2. The Morgan fingerprint density at radius 2 is 2.21 bits per heavy atom. The molecule has 2 aliphatic rings. The number of aryl methyl sites for hydroxylation is 1. The number of hydrogen-bond donors (Lipinski definition) is 1. The van der Waals surface area contributed by atoms with Gasteiger partial charge in [0, 0.05) is 11.3 Å². The average molecular weight is 378 g/mol. The summed E-state index contributed by atoms with van der Waals surface area (Å²) in [5, 5.41) is 3.53. The van der Waals surface area contributed by atoms with Gasteiger partial charge in [-0.15, -0.1) is 11.8 Å². The van der Waals surface area contributed by atoms with Gasteiger partial charge in [-0.3, -0.25) is 19.8 Å². The zero-order chi connectivity index (χ0) is 16.9. The van der Waals surface area contributed by atoms with Crippen molar-refractivity contribution >= 4 is 57.5 Å². The molecule has 124 valence electrons. The summed E-state index contributed by atoms with van der Waals surface area (Å²) in [6, 6.07) is 7.69. The standard InChI is InChI=1S/C16H15N3O2S3/c1-9-13(22-2)23-15(17-9)18-14(21)16-8-7-12(20)19(16)10-5-3-4-6-11(10)24-16/h3-6H,7-8H2,1-2H3,(H,17,18,21). The number of rotatable bonds is 3. The minimum Gasteiger partial charge on any atom is -0.299 e. The van der Waals surface area contributed by atoms with Gasteiger partial charge in [0.05, 0.1) is 15.6 Å². The van der Waals surface area contributed by atoms with Crippen LogP contribution in [-0.2, 0) is 9.59 Å². The Morgan fingerprint density at radius 1 is 1.42 bits per heavy atom. The molecule has 1 saturated heterocycles. The van der Waals surface area contributed by atoms with Gasteiger partial charge in [0.2, 0.25) is 5.91 Å². The lowest BCUT2D eigenvalue weighted by Crippen LogP contribution is -2.49. The van der Waals surface area contributed by atoms with Gasteiger partial charge >= 0.3 is 0 Å². The number of benzene rings is 1. The maximum Gasteiger partial charge on any atom is 0.263 e. The van der Waals surface area contributed by atoms with Crippen molar-refractivity contribution in [1.29, 1.82) is 0 Å². The Balaban J connectivity index is 1.67. The lowest BCUT2D eigenvalue weighted by Gasteiger charge is -2.29. The topological polar surface area (TPSA) is 62.3 Å². The van der Waals surface area contributed by atoms with Gasteiger partial charge in [-0.05, 0) is 31.7 Å². The number of thiazole rings is 1. The smallest absolute Gasteiger partial charge is 0.263 e. The Hall–Kier alpha value is -1.51. The van der Waals surface area contributed by atoms with Crippen LogP contribution in [-0.4, -0.2) is 27.9 Å². The molecule has 5 nitrogen and oxygen atoms in total. The number of para-hydroxylation sites is 1. The summed E-state index contributed by atoms with van der Waals surface area (Å²) in [5.41, 5.74) is 1.75. The molecule has 1 atom stereocenters. The average Bonchev–Trinajstić information content (AvgIpc) is 3.19. The number of fused-ring (bicyclic) bond motifs is 3. The molecule has 1 aromatic heterocycles. The Kier molecular flexibility index (Phi) is 3.85. The molecule has 8 heteroatoms. The zero-order valence-electron chi connectivity index (χ0n) is 13.2. The van der Waals surface area contributed by atoms with Crippen LogP contribution in [0.25, 0.3) is 0 Å². The third-order valence-corrected chi connectivity index (χ3v) is 7.95. The highest BCUT2D eigenvalue weighted by Gasteiger charge is 2.57. The van der Waals surface area contributed by atoms with Crippen LogP contribution >= 0.6 is 34.9 Å². The monoisotopic (exact) mass is 377 g/mol. The van der Waals surface area contributed by atoms with Gasteiger partial charge in [0.1, 0.15) is 0 Å². The number of thioether (sulfide) groups is 2. The van der Waals surface area contributed by atoms with E-state index in [-0.39, 0.29) is 11.8 Å². The highest BCUT2D eigenvalue weighted by molar-refractivity contribution is 8.02. The van der Waals surface area contributed by atoms with Crippen molar-refractivity contribution in [2.24, 2.45) is 0 Å². The van der Waals surface area contributed by atoms with Crippen molar-refractivity contribution in [3.63, 3.8) is 0 Å². The molecule has 1 unspecified atom stereocenters. The third-order valence-electron chi connectivity index (χ3n) is 4.19. The Bertz CT molecular complexity index is 851. The molecule has 0 spiro atoms. The van der Waals surface area contributed by atoms with Crippen LogP contribution in [0.15, 0.2) is 33.4 Å². The second-order valence-corrected chi connectivity index (χ2v) is 9.03. The van der Waals surface area contributed by atoms with Gasteiger partial charge in [-0.1, -0.05) is 35.2 Å². The summed E-state index contributed by atoms with van der Waals surface area (Å²) in [6.45, 7) is 1.93. The number of aromatic nitrogens is 1. The van der Waals surface area contributed by atoms with Crippen molar-refractivity contribution < 1.29 is 9.59 Å². The lowest BCUT2D eigenvalue weighted by atomic mass is 10.2. The SMILES string of the molecule is CSc1sc(NC(=O)C23CCC(=O)N2c2ccccc2S3)nc1C. The van der Waals surface area contributed by atoms with Crippen LogP contribution in [0, 0.1) is 6.92 Å². The first-order chi connectivity index (χ1) is 11.5. The van der Waals surface area contributed by atoms with Gasteiger partial charge < -0.3 is 0 Å². The van der Waals surface area contributed by atoms with Crippen molar-refractivity contribution in [2.45, 2.75) is 33.7 Å². The molecule has 1 fully saturated rings. The van der Waals surface area contributed by atoms with Gasteiger partial charge in [-0.25, -0.2) is 4.98 Å². The quantitative estimate of drug-likeness (QED) is 0.826. The number of nitrogens with zero attached hydrogens (tertiary/aromatic N) is 2. The molecule has 0 aliphatic carbocycles. The summed E-state index contributed by atoms with van der Waals surface area (Å²) >= 11 is 4.55. The highest BCUT2D eigenvalue weighted by atomic mass is 32.2. The summed E-state index contributed by atoms with van der Waals surface area (Å²) in [4.78, 5) is 31.7. The minimum atomic E-state index is -0.889. The maximum absolute atomic E-state index is 13.1. The number of hydrogen-bond acceptors (Lipinski definition) is 6. The van der Waals surface area contributed by atoms with Gasteiger partial charge in [0.15, 0.2) is 10.0 Å². The van der Waals surface area contributed by atoms with Crippen molar-refractivity contribution in [1.82, 2.24) is 4.98 Å². The van der Waals surface area contributed by atoms with Gasteiger partial charge in [0.25, 0.3) is 5.91 Å². The molecule has 1 N–H and O–H groups in total. The molecule has 2 aromatic rings. The molecule has 0 saturated carbocycles. The van der Waals surface area contributed by atoms with Crippen LogP contribution < -0.4 is 10.2 Å². The molecule has 0 radical (unpaired) electrons. The van der Waals surface area contributed by atoms with E-state index < -0.39 is 4.87 Å². The number of carbonyl (C=O) groups is 2. The van der Waals surface area contributed by atoms with Crippen LogP contribution in [0.4, 0.5) is 10.8 Å². The van der Waals surface area contributed by atoms with Crippen LogP contribution in [0.5, 0.6) is 0 Å². The molecular formula is C16H15N3O2S3. The molecule has 2 amide bonds. The first kappa shape index (κ1) is 16.0. The van der Waals surface area contributed by atoms with E-state index in [1.54, 1.807) is 16.7 Å². The van der Waals surface area contributed by atoms with E-state index in [1.807, 2.05) is 37.4 Å². The number of amides is 2. The molecule has 1 aromatic carbocycles. The number of nitrogens with one attached hydrogen (secondary N) is 1. The first-order valence-corrected chi connectivity index (χ1v) is 10.3. The van der Waals surface area contributed by atoms with E-state index in [9.17, 15) is 9.59 Å². The molecule has 0 bridgehead atoms. The highest BCUT2D eigenvalue weighted by Crippen LogP contribution is 2.56. The summed E-state index contributed by atoms with van der Waals surface area (Å²) in [7, 11) is 0. The van der Waals surface area contributed by atoms with Gasteiger partial charge in [-0.2, -0.15) is 0 Å². The molecule has 4 rings (SSSR count). The molecular weight excluding hydrogens is 362 g/mol. The second-order valence-electron chi connectivity index (χ2n) is 5.63. The van der Waals surface area contributed by atoms with Crippen molar-refractivity contribution in [3.8, 4) is 0 Å². The zero-order valence-corrected chi connectivity index (χ0v) is 15.6. The fraction of sp³-hybridized carbons (Fsp3) is 0.312. The van der Waals surface area contributed by atoms with E-state index in [2.05, 4.69) is 10.3 Å². The van der Waals surface area contributed by atoms with E-state index >= 15 is 0 Å². The fourth-order valence-electron chi connectivity index (χ4n) is 3.12. The van der Waals surface area contributed by atoms with E-state index in [4.69, 9.17) is 0 Å². The Labute approximate surface area is 152 Å². The predicted molar refractivity (Wildman–Crippen MR) is 99.0 cm³/mol. The molecule has 24 heavy (non-hydrogen) atoms. The predicted octanol–water partition coefficient (Wildman–Crippen LogP) is 3.74. The minimum absolute atomic E-state index is 0.00252. The van der Waals surface area contributed by atoms with Crippen molar-refractivity contribution in [3.05, 3.63) is 30.0 Å². The fourth-order valence-corrected chi connectivity index (χ4v) is 6.14. The second kappa shape index (κ2) is 5.79. The molecule has 3 heterocycles. The summed E-state index contributed by atoms with van der Waals surface area (Å²) < 4.78 is 1.09. The van der Waals surface area contributed by atoms with Crippen LogP contribution in [0.3, 0.4) is 0 Å². The normalized spacial score (nSPS) is 21.8.